The van der Waals surface area contributed by atoms with Crippen molar-refractivity contribution in [3.63, 3.8) is 0 Å². The zero-order valence-electron chi connectivity index (χ0n) is 18.7. The van der Waals surface area contributed by atoms with Crippen LogP contribution < -0.4 is 4.74 Å². The van der Waals surface area contributed by atoms with Crippen LogP contribution in [0.15, 0.2) is 54.2 Å². The molecular weight excluding hydrogens is 409 g/mol. The van der Waals surface area contributed by atoms with E-state index >= 15 is 0 Å². The van der Waals surface area contributed by atoms with Crippen molar-refractivity contribution in [1.29, 1.82) is 0 Å². The Hall–Kier alpha value is -3.19. The topological polar surface area (TPSA) is 53.1 Å². The second-order valence-electron chi connectivity index (χ2n) is 8.53. The fourth-order valence-corrected chi connectivity index (χ4v) is 4.04. The number of amides is 2. The molecule has 2 aromatic rings. The molecule has 6 nitrogen and oxygen atoms in total. The van der Waals surface area contributed by atoms with Crippen LogP contribution >= 0.6 is 0 Å². The molecule has 2 aliphatic rings. The Morgan fingerprint density at radius 3 is 2.12 bits per heavy atom. The van der Waals surface area contributed by atoms with Crippen molar-refractivity contribution in [2.45, 2.75) is 26.5 Å². The summed E-state index contributed by atoms with van der Waals surface area (Å²) in [4.78, 5) is 32.4. The van der Waals surface area contributed by atoms with Crippen LogP contribution in [0, 0.1) is 5.82 Å². The third kappa shape index (κ3) is 4.53. The minimum Gasteiger partial charge on any atom is -0.491 e. The van der Waals surface area contributed by atoms with E-state index in [1.54, 1.807) is 12.1 Å². The molecule has 2 aromatic carbocycles. The maximum absolute atomic E-state index is 13.5. The Morgan fingerprint density at radius 1 is 0.906 bits per heavy atom. The number of ether oxygens (including phenoxy) is 1. The van der Waals surface area contributed by atoms with Crippen LogP contribution in [-0.2, 0) is 16.1 Å². The maximum atomic E-state index is 13.5. The molecule has 0 N–H and O–H groups in total. The molecule has 2 amide bonds. The van der Waals surface area contributed by atoms with E-state index in [9.17, 15) is 14.0 Å². The molecule has 32 heavy (non-hydrogen) atoms. The lowest BCUT2D eigenvalue weighted by molar-refractivity contribution is -0.138. The SMILES string of the molecule is CC(C)Oc1ccc(C2=C(N3CCN(C)CC3)C(=O)N(Cc3ccc(F)cc3)C2=O)cc1. The Kier molecular flexibility index (Phi) is 6.28. The summed E-state index contributed by atoms with van der Waals surface area (Å²) in [6.45, 7) is 6.99. The third-order valence-corrected chi connectivity index (χ3v) is 5.73. The molecule has 2 heterocycles. The summed E-state index contributed by atoms with van der Waals surface area (Å²) in [5, 5.41) is 0. The van der Waals surface area contributed by atoms with E-state index in [4.69, 9.17) is 4.74 Å². The van der Waals surface area contributed by atoms with Gasteiger partial charge in [0, 0.05) is 26.2 Å². The molecule has 168 valence electrons. The van der Waals surface area contributed by atoms with Crippen molar-refractivity contribution < 1.29 is 18.7 Å². The summed E-state index contributed by atoms with van der Waals surface area (Å²) in [5.74, 6) is -0.272. The maximum Gasteiger partial charge on any atom is 0.278 e. The van der Waals surface area contributed by atoms with Crippen molar-refractivity contribution in [3.05, 3.63) is 71.2 Å². The van der Waals surface area contributed by atoms with Crippen LogP contribution in [0.4, 0.5) is 4.39 Å². The summed E-state index contributed by atoms with van der Waals surface area (Å²) in [7, 11) is 2.04. The number of nitrogens with zero attached hydrogens (tertiary/aromatic N) is 3. The Balaban J connectivity index is 1.68. The first-order valence-electron chi connectivity index (χ1n) is 10.9. The molecule has 0 bridgehead atoms. The van der Waals surface area contributed by atoms with Crippen molar-refractivity contribution >= 4 is 17.4 Å². The first-order chi connectivity index (χ1) is 15.3. The first kappa shape index (κ1) is 22.0. The number of halogens is 1. The van der Waals surface area contributed by atoms with E-state index in [1.165, 1.54) is 17.0 Å². The van der Waals surface area contributed by atoms with Gasteiger partial charge in [-0.1, -0.05) is 24.3 Å². The number of carbonyl (C=O) groups excluding carboxylic acids is 2. The highest BCUT2D eigenvalue weighted by atomic mass is 19.1. The molecule has 0 spiro atoms. The van der Waals surface area contributed by atoms with Gasteiger partial charge >= 0.3 is 0 Å². The number of benzene rings is 2. The second kappa shape index (κ2) is 9.12. The Morgan fingerprint density at radius 2 is 1.53 bits per heavy atom. The lowest BCUT2D eigenvalue weighted by Gasteiger charge is -2.34. The van der Waals surface area contributed by atoms with Gasteiger partial charge < -0.3 is 14.5 Å². The van der Waals surface area contributed by atoms with Crippen LogP contribution in [0.5, 0.6) is 5.75 Å². The average Bonchev–Trinajstić information content (AvgIpc) is 3.01. The summed E-state index contributed by atoms with van der Waals surface area (Å²) < 4.78 is 19.0. The van der Waals surface area contributed by atoms with Crippen molar-refractivity contribution in [2.75, 3.05) is 33.2 Å². The van der Waals surface area contributed by atoms with Gasteiger partial charge in [0.15, 0.2) is 0 Å². The highest BCUT2D eigenvalue weighted by Gasteiger charge is 2.42. The zero-order chi connectivity index (χ0) is 22.8. The van der Waals surface area contributed by atoms with Crippen LogP contribution in [-0.4, -0.2) is 65.8 Å². The highest BCUT2D eigenvalue weighted by Crippen LogP contribution is 2.34. The van der Waals surface area contributed by atoms with Crippen molar-refractivity contribution in [3.8, 4) is 5.75 Å². The number of hydrogen-bond donors (Lipinski definition) is 0. The van der Waals surface area contributed by atoms with Crippen molar-refractivity contribution in [2.24, 2.45) is 0 Å². The van der Waals surface area contributed by atoms with Crippen molar-refractivity contribution in [1.82, 2.24) is 14.7 Å². The molecular formula is C25H28FN3O3. The Labute approximate surface area is 187 Å². The summed E-state index contributed by atoms with van der Waals surface area (Å²) in [6.07, 6.45) is 0.0434. The van der Waals surface area contributed by atoms with Crippen LogP contribution in [0.3, 0.4) is 0 Å². The number of imide groups is 1. The standard InChI is InChI=1S/C25H28FN3O3/c1-17(2)32-21-10-6-19(7-11-21)22-23(28-14-12-27(3)13-15-28)25(31)29(24(22)30)16-18-4-8-20(26)9-5-18/h4-11,17H,12-16H2,1-3H3. The van der Waals surface area contributed by atoms with Gasteiger partial charge in [0.1, 0.15) is 17.3 Å². The fourth-order valence-electron chi connectivity index (χ4n) is 4.04. The molecule has 4 rings (SSSR count). The monoisotopic (exact) mass is 437 g/mol. The summed E-state index contributed by atoms with van der Waals surface area (Å²) >= 11 is 0. The molecule has 1 fully saturated rings. The van der Waals surface area contributed by atoms with E-state index in [0.717, 1.165) is 13.1 Å². The fraction of sp³-hybridized carbons (Fsp3) is 0.360. The molecule has 0 atom stereocenters. The number of likely N-dealkylation sites (N-methyl/N-ethyl adjacent to an activating group) is 1. The molecule has 0 radical (unpaired) electrons. The molecule has 1 saturated heterocycles. The van der Waals surface area contributed by atoms with Gasteiger partial charge in [-0.15, -0.1) is 0 Å². The van der Waals surface area contributed by atoms with E-state index in [0.29, 0.717) is 41.2 Å². The molecule has 0 unspecified atom stereocenters. The van der Waals surface area contributed by atoms with Gasteiger partial charge in [-0.05, 0) is 56.3 Å². The van der Waals surface area contributed by atoms with Crippen LogP contribution in [0.1, 0.15) is 25.0 Å². The largest absolute Gasteiger partial charge is 0.491 e. The van der Waals surface area contributed by atoms with Gasteiger partial charge in [0.25, 0.3) is 11.8 Å². The molecule has 7 heteroatoms. The van der Waals surface area contributed by atoms with E-state index in [2.05, 4.69) is 4.90 Å². The summed E-state index contributed by atoms with van der Waals surface area (Å²) in [6, 6.07) is 13.2. The number of rotatable bonds is 6. The van der Waals surface area contributed by atoms with E-state index in [-0.39, 0.29) is 30.3 Å². The lowest BCUT2D eigenvalue weighted by Crippen LogP contribution is -2.46. The number of hydrogen-bond acceptors (Lipinski definition) is 5. The highest BCUT2D eigenvalue weighted by molar-refractivity contribution is 6.35. The Bertz CT molecular complexity index is 1020. The van der Waals surface area contributed by atoms with Crippen LogP contribution in [0.2, 0.25) is 0 Å². The molecule has 0 aromatic heterocycles. The second-order valence-corrected chi connectivity index (χ2v) is 8.53. The summed E-state index contributed by atoms with van der Waals surface area (Å²) in [5.41, 5.74) is 2.25. The quantitative estimate of drug-likeness (QED) is 0.650. The lowest BCUT2D eigenvalue weighted by atomic mass is 10.0. The van der Waals surface area contributed by atoms with Gasteiger partial charge in [-0.3, -0.25) is 14.5 Å². The van der Waals surface area contributed by atoms with E-state index in [1.807, 2.05) is 50.1 Å². The number of piperazine rings is 1. The van der Waals surface area contributed by atoms with Gasteiger partial charge in [0.2, 0.25) is 0 Å². The third-order valence-electron chi connectivity index (χ3n) is 5.73. The number of carbonyl (C=O) groups is 2. The average molecular weight is 438 g/mol. The molecule has 2 aliphatic heterocycles. The van der Waals surface area contributed by atoms with Gasteiger partial charge in [0.05, 0.1) is 18.2 Å². The normalized spacial score (nSPS) is 17.7. The minimum atomic E-state index is -0.353. The minimum absolute atomic E-state index is 0.0434. The van der Waals surface area contributed by atoms with Crippen LogP contribution in [0.25, 0.3) is 5.57 Å². The molecule has 0 aliphatic carbocycles. The predicted molar refractivity (Wildman–Crippen MR) is 120 cm³/mol. The predicted octanol–water partition coefficient (Wildman–Crippen LogP) is 3.14. The molecule has 0 saturated carbocycles. The van der Waals surface area contributed by atoms with E-state index < -0.39 is 0 Å². The zero-order valence-corrected chi connectivity index (χ0v) is 18.7. The van der Waals surface area contributed by atoms with Gasteiger partial charge in [-0.2, -0.15) is 0 Å². The smallest absolute Gasteiger partial charge is 0.278 e. The van der Waals surface area contributed by atoms with Gasteiger partial charge in [-0.25, -0.2) is 4.39 Å². The first-order valence-corrected chi connectivity index (χ1v) is 10.9.